The van der Waals surface area contributed by atoms with Gasteiger partial charge in [-0.2, -0.15) is 0 Å². The van der Waals surface area contributed by atoms with E-state index in [4.69, 9.17) is 11.6 Å². The quantitative estimate of drug-likeness (QED) is 0.614. The van der Waals surface area contributed by atoms with Crippen molar-refractivity contribution in [2.75, 3.05) is 13.6 Å². The summed E-state index contributed by atoms with van der Waals surface area (Å²) in [6, 6.07) is 11.3. The van der Waals surface area contributed by atoms with Crippen molar-refractivity contribution in [3.8, 4) is 0 Å². The van der Waals surface area contributed by atoms with Crippen LogP contribution in [0.15, 0.2) is 53.4 Å². The normalized spacial score (nSPS) is 11.3. The van der Waals surface area contributed by atoms with Crippen LogP contribution in [0.3, 0.4) is 0 Å². The van der Waals surface area contributed by atoms with E-state index in [1.54, 1.807) is 24.3 Å². The van der Waals surface area contributed by atoms with Gasteiger partial charge in [0.1, 0.15) is 5.82 Å². The van der Waals surface area contributed by atoms with E-state index in [1.807, 2.05) is 0 Å². The number of rotatable bonds is 8. The highest BCUT2D eigenvalue weighted by Gasteiger charge is 2.20. The van der Waals surface area contributed by atoms with E-state index in [9.17, 15) is 22.4 Å². The number of hydrogen-bond donors (Lipinski definition) is 2. The van der Waals surface area contributed by atoms with Crippen LogP contribution < -0.4 is 10.9 Å². The Hall–Kier alpha value is -2.49. The number of sulfonamides is 1. The van der Waals surface area contributed by atoms with Gasteiger partial charge < -0.3 is 0 Å². The van der Waals surface area contributed by atoms with E-state index in [-0.39, 0.29) is 30.7 Å². The minimum Gasteiger partial charge on any atom is -0.273 e. The van der Waals surface area contributed by atoms with Crippen LogP contribution in [0.25, 0.3) is 0 Å². The second kappa shape index (κ2) is 10.3. The molecule has 29 heavy (non-hydrogen) atoms. The molecule has 0 spiro atoms. The first-order chi connectivity index (χ1) is 13.7. The van der Waals surface area contributed by atoms with Crippen molar-refractivity contribution < 1.29 is 22.4 Å². The topological polar surface area (TPSA) is 95.6 Å². The summed E-state index contributed by atoms with van der Waals surface area (Å²) in [6.07, 6.45) is 0.344. The maximum atomic E-state index is 12.9. The second-order valence-electron chi connectivity index (χ2n) is 6.28. The lowest BCUT2D eigenvalue weighted by Gasteiger charge is -2.17. The first-order valence-electron chi connectivity index (χ1n) is 8.72. The maximum Gasteiger partial charge on any atom is 0.242 e. The van der Waals surface area contributed by atoms with Gasteiger partial charge in [0.25, 0.3) is 0 Å². The van der Waals surface area contributed by atoms with Gasteiger partial charge in [-0.05, 0) is 48.4 Å². The smallest absolute Gasteiger partial charge is 0.242 e. The zero-order valence-electron chi connectivity index (χ0n) is 15.7. The molecule has 7 nitrogen and oxygen atoms in total. The summed E-state index contributed by atoms with van der Waals surface area (Å²) in [7, 11) is -2.38. The Morgan fingerprint density at radius 2 is 1.59 bits per heavy atom. The Kier molecular flexibility index (Phi) is 8.12. The lowest BCUT2D eigenvalue weighted by molar-refractivity contribution is -0.128. The number of hydrogen-bond acceptors (Lipinski definition) is 4. The van der Waals surface area contributed by atoms with Gasteiger partial charge >= 0.3 is 0 Å². The summed E-state index contributed by atoms with van der Waals surface area (Å²) in [5.74, 6) is -1.36. The molecule has 0 aromatic heterocycles. The Labute approximate surface area is 173 Å². The number of carbonyl (C=O) groups excluding carboxylic acids is 2. The first kappa shape index (κ1) is 22.8. The zero-order valence-corrected chi connectivity index (χ0v) is 17.3. The van der Waals surface area contributed by atoms with Gasteiger partial charge in [-0.1, -0.05) is 23.7 Å². The zero-order chi connectivity index (χ0) is 21.4. The predicted octanol–water partition coefficient (Wildman–Crippen LogP) is 2.27. The summed E-state index contributed by atoms with van der Waals surface area (Å²) >= 11 is 5.78. The Morgan fingerprint density at radius 3 is 2.21 bits per heavy atom. The molecule has 0 atom stereocenters. The van der Waals surface area contributed by atoms with Crippen molar-refractivity contribution in [1.82, 2.24) is 15.2 Å². The van der Waals surface area contributed by atoms with Gasteiger partial charge in [-0.25, -0.2) is 17.1 Å². The fraction of sp³-hybridized carbons (Fsp3) is 0.263. The largest absolute Gasteiger partial charge is 0.273 e. The highest BCUT2D eigenvalue weighted by atomic mass is 35.5. The van der Waals surface area contributed by atoms with Crippen LogP contribution in [0.1, 0.15) is 18.4 Å². The Morgan fingerprint density at radius 1 is 1.00 bits per heavy atom. The molecule has 2 N–H and O–H groups in total. The molecule has 0 aliphatic heterocycles. The van der Waals surface area contributed by atoms with Crippen molar-refractivity contribution in [2.24, 2.45) is 0 Å². The summed E-state index contributed by atoms with van der Waals surface area (Å²) in [4.78, 5) is 23.6. The van der Waals surface area contributed by atoms with Crippen LogP contribution in [0, 0.1) is 5.82 Å². The van der Waals surface area contributed by atoms with Crippen LogP contribution in [0.4, 0.5) is 4.39 Å². The standard InChI is InChI=1S/C19H21ClFN3O4S/c1-24(29(27,28)17-10-8-16(21)9-11-17)12-2-3-18(25)22-23-19(26)13-14-4-6-15(20)7-5-14/h4-11H,2-3,12-13H2,1H3,(H,22,25)(H,23,26). The van der Waals surface area contributed by atoms with E-state index < -0.39 is 27.7 Å². The van der Waals surface area contributed by atoms with E-state index in [0.717, 1.165) is 22.0 Å². The minimum atomic E-state index is -3.76. The van der Waals surface area contributed by atoms with Crippen molar-refractivity contribution in [3.63, 3.8) is 0 Å². The fourth-order valence-electron chi connectivity index (χ4n) is 2.40. The van der Waals surface area contributed by atoms with E-state index in [2.05, 4.69) is 10.9 Å². The van der Waals surface area contributed by atoms with E-state index >= 15 is 0 Å². The third-order valence-corrected chi connectivity index (χ3v) is 6.14. The summed E-state index contributed by atoms with van der Waals surface area (Å²) < 4.78 is 38.8. The number of amides is 2. The molecule has 0 fully saturated rings. The molecule has 0 aliphatic rings. The lowest BCUT2D eigenvalue weighted by Crippen LogP contribution is -2.42. The predicted molar refractivity (Wildman–Crippen MR) is 107 cm³/mol. The van der Waals surface area contributed by atoms with Crippen LogP contribution in [0.2, 0.25) is 5.02 Å². The monoisotopic (exact) mass is 441 g/mol. The molecule has 2 amide bonds. The minimum absolute atomic E-state index is 0.0184. The molecular formula is C19H21ClFN3O4S. The third-order valence-electron chi connectivity index (χ3n) is 4.02. The van der Waals surface area contributed by atoms with Crippen molar-refractivity contribution in [3.05, 3.63) is 64.9 Å². The number of hydrazine groups is 1. The van der Waals surface area contributed by atoms with Gasteiger partial charge in [0.05, 0.1) is 11.3 Å². The molecule has 0 bridgehead atoms. The second-order valence-corrected chi connectivity index (χ2v) is 8.76. The SMILES string of the molecule is CN(CCCC(=O)NNC(=O)Cc1ccc(Cl)cc1)S(=O)(=O)c1ccc(F)cc1. The first-order valence-corrected chi connectivity index (χ1v) is 10.5. The number of halogens is 2. The van der Waals surface area contributed by atoms with Gasteiger partial charge in [-0.3, -0.25) is 20.4 Å². The van der Waals surface area contributed by atoms with E-state index in [0.29, 0.717) is 5.02 Å². The van der Waals surface area contributed by atoms with Crippen LogP contribution in [-0.2, 0) is 26.0 Å². The molecule has 2 aromatic carbocycles. The van der Waals surface area contributed by atoms with Crippen molar-refractivity contribution in [1.29, 1.82) is 0 Å². The Balaban J connectivity index is 1.72. The number of benzene rings is 2. The van der Waals surface area contributed by atoms with Gasteiger partial charge in [-0.15, -0.1) is 0 Å². The molecule has 0 aliphatic carbocycles. The van der Waals surface area contributed by atoms with Crippen LogP contribution >= 0.6 is 11.6 Å². The average molecular weight is 442 g/mol. The molecule has 0 radical (unpaired) electrons. The van der Waals surface area contributed by atoms with Gasteiger partial charge in [0.2, 0.25) is 21.8 Å². The average Bonchev–Trinajstić information content (AvgIpc) is 2.68. The van der Waals surface area contributed by atoms with Crippen LogP contribution in [0.5, 0.6) is 0 Å². The fourth-order valence-corrected chi connectivity index (χ4v) is 3.74. The molecule has 10 heteroatoms. The molecule has 0 unspecified atom stereocenters. The molecule has 156 valence electrons. The number of nitrogens with zero attached hydrogens (tertiary/aromatic N) is 1. The molecule has 0 saturated carbocycles. The number of carbonyl (C=O) groups is 2. The lowest BCUT2D eigenvalue weighted by atomic mass is 10.1. The number of nitrogens with one attached hydrogen (secondary N) is 2. The third kappa shape index (κ3) is 7.12. The van der Waals surface area contributed by atoms with Gasteiger partial charge in [0, 0.05) is 25.0 Å². The van der Waals surface area contributed by atoms with E-state index in [1.165, 1.54) is 19.2 Å². The summed E-state index contributed by atoms with van der Waals surface area (Å²) in [5.41, 5.74) is 5.34. The maximum absolute atomic E-state index is 12.9. The molecular weight excluding hydrogens is 421 g/mol. The van der Waals surface area contributed by atoms with Crippen molar-refractivity contribution in [2.45, 2.75) is 24.2 Å². The van der Waals surface area contributed by atoms with Crippen LogP contribution in [-0.4, -0.2) is 38.1 Å². The summed E-state index contributed by atoms with van der Waals surface area (Å²) in [5, 5.41) is 0.564. The molecule has 0 saturated heterocycles. The highest BCUT2D eigenvalue weighted by Crippen LogP contribution is 2.15. The van der Waals surface area contributed by atoms with Gasteiger partial charge in [0.15, 0.2) is 0 Å². The molecule has 2 rings (SSSR count). The van der Waals surface area contributed by atoms with Crippen molar-refractivity contribution >= 4 is 33.4 Å². The Bertz CT molecular complexity index is 950. The summed E-state index contributed by atoms with van der Waals surface area (Å²) in [6.45, 7) is 0.0891. The molecule has 0 heterocycles. The highest BCUT2D eigenvalue weighted by molar-refractivity contribution is 7.89. The molecule has 2 aromatic rings.